The second-order valence-corrected chi connectivity index (χ2v) is 4.38. The van der Waals surface area contributed by atoms with Gasteiger partial charge in [0.25, 0.3) is 5.70 Å². The molecule has 0 atom stereocenters. The van der Waals surface area contributed by atoms with Gasteiger partial charge in [0.1, 0.15) is 5.70 Å². The molecule has 0 radical (unpaired) electrons. The highest BCUT2D eigenvalue weighted by atomic mass is 16.6. The molecular formula is C15H16N2O2. The largest absolute Gasteiger partial charge is 0.336 e. The van der Waals surface area contributed by atoms with E-state index in [4.69, 9.17) is 0 Å². The molecule has 19 heavy (non-hydrogen) atoms. The predicted octanol–water partition coefficient (Wildman–Crippen LogP) is 3.43. The van der Waals surface area contributed by atoms with Crippen LogP contribution < -0.4 is 0 Å². The lowest BCUT2D eigenvalue weighted by Gasteiger charge is -2.31. The van der Waals surface area contributed by atoms with E-state index in [1.165, 1.54) is 0 Å². The minimum absolute atomic E-state index is 0.0685. The normalized spacial score (nSPS) is 15.6. The van der Waals surface area contributed by atoms with Gasteiger partial charge in [0.2, 0.25) is 0 Å². The summed E-state index contributed by atoms with van der Waals surface area (Å²) in [5.41, 5.74) is 3.42. The lowest BCUT2D eigenvalue weighted by molar-refractivity contribution is -0.422. The maximum atomic E-state index is 11.0. The number of allylic oxidation sites excluding steroid dienone is 2. The Hall–Kier alpha value is -2.36. The first-order valence-electron chi connectivity index (χ1n) is 6.15. The highest BCUT2D eigenvalue weighted by Crippen LogP contribution is 2.34. The highest BCUT2D eigenvalue weighted by molar-refractivity contribution is 5.73. The molecule has 0 spiro atoms. The standard InChI is InChI=1S/C15H16N2O2/c1-4-16-12(3)14(17(18)19)10-11(2)15(16)13-8-6-5-7-9-13/h5-10H,3-4H2,1-2H3. The van der Waals surface area contributed by atoms with E-state index in [1.807, 2.05) is 49.1 Å². The third-order valence-electron chi connectivity index (χ3n) is 3.18. The van der Waals surface area contributed by atoms with Crippen molar-refractivity contribution >= 4 is 5.70 Å². The number of benzene rings is 1. The fraction of sp³-hybridized carbons (Fsp3) is 0.200. The van der Waals surface area contributed by atoms with Crippen LogP contribution in [0.5, 0.6) is 0 Å². The zero-order valence-corrected chi connectivity index (χ0v) is 11.1. The van der Waals surface area contributed by atoms with Crippen LogP contribution in [0.15, 0.2) is 60.0 Å². The fourth-order valence-electron chi connectivity index (χ4n) is 2.33. The molecule has 4 nitrogen and oxygen atoms in total. The Kier molecular flexibility index (Phi) is 3.51. The van der Waals surface area contributed by atoms with E-state index in [-0.39, 0.29) is 10.6 Å². The quantitative estimate of drug-likeness (QED) is 0.615. The van der Waals surface area contributed by atoms with Crippen molar-refractivity contribution < 1.29 is 4.92 Å². The number of hydrogen-bond acceptors (Lipinski definition) is 3. The van der Waals surface area contributed by atoms with Gasteiger partial charge in [-0.3, -0.25) is 10.1 Å². The van der Waals surface area contributed by atoms with Crippen LogP contribution in [0.2, 0.25) is 0 Å². The van der Waals surface area contributed by atoms with Crippen LogP contribution in [0.4, 0.5) is 0 Å². The second kappa shape index (κ2) is 5.10. The van der Waals surface area contributed by atoms with Crippen LogP contribution in [0.3, 0.4) is 0 Å². The van der Waals surface area contributed by atoms with Gasteiger partial charge in [0, 0.05) is 12.6 Å². The Bertz CT molecular complexity index is 585. The van der Waals surface area contributed by atoms with Crippen molar-refractivity contribution in [3.05, 3.63) is 75.6 Å². The Balaban J connectivity index is 2.60. The molecule has 0 fully saturated rings. The predicted molar refractivity (Wildman–Crippen MR) is 75.6 cm³/mol. The van der Waals surface area contributed by atoms with Crippen molar-refractivity contribution in [1.82, 2.24) is 4.90 Å². The summed E-state index contributed by atoms with van der Waals surface area (Å²) in [6, 6.07) is 9.86. The van der Waals surface area contributed by atoms with Crippen molar-refractivity contribution in [2.45, 2.75) is 13.8 Å². The summed E-state index contributed by atoms with van der Waals surface area (Å²) in [5.74, 6) is 0. The molecule has 1 aromatic carbocycles. The fourth-order valence-corrected chi connectivity index (χ4v) is 2.33. The van der Waals surface area contributed by atoms with Crippen LogP contribution in [0, 0.1) is 10.1 Å². The van der Waals surface area contributed by atoms with E-state index in [2.05, 4.69) is 6.58 Å². The number of nitro groups is 1. The van der Waals surface area contributed by atoms with Gasteiger partial charge in [-0.05, 0) is 25.0 Å². The molecule has 2 rings (SSSR count). The van der Waals surface area contributed by atoms with Gasteiger partial charge in [0.05, 0.1) is 10.6 Å². The zero-order chi connectivity index (χ0) is 14.0. The first-order chi connectivity index (χ1) is 9.06. The lowest BCUT2D eigenvalue weighted by atomic mass is 10.00. The average molecular weight is 256 g/mol. The van der Waals surface area contributed by atoms with Crippen molar-refractivity contribution in [3.63, 3.8) is 0 Å². The smallest absolute Gasteiger partial charge is 0.292 e. The molecule has 0 unspecified atom stereocenters. The van der Waals surface area contributed by atoms with E-state index in [0.717, 1.165) is 16.8 Å². The molecule has 0 saturated carbocycles. The molecule has 0 bridgehead atoms. The van der Waals surface area contributed by atoms with Gasteiger partial charge in [-0.25, -0.2) is 0 Å². The Morgan fingerprint density at radius 1 is 1.32 bits per heavy atom. The summed E-state index contributed by atoms with van der Waals surface area (Å²) in [4.78, 5) is 12.6. The summed E-state index contributed by atoms with van der Waals surface area (Å²) in [7, 11) is 0. The summed E-state index contributed by atoms with van der Waals surface area (Å²) in [6.45, 7) is 8.36. The van der Waals surface area contributed by atoms with Crippen LogP contribution in [-0.4, -0.2) is 16.4 Å². The van der Waals surface area contributed by atoms with Crippen molar-refractivity contribution in [1.29, 1.82) is 0 Å². The SMILES string of the molecule is C=C1C([N+](=O)[O-])=CC(C)=C(c2ccccc2)N1CC. The van der Waals surface area contributed by atoms with E-state index in [0.29, 0.717) is 12.2 Å². The van der Waals surface area contributed by atoms with Gasteiger partial charge < -0.3 is 4.90 Å². The summed E-state index contributed by atoms with van der Waals surface area (Å²) >= 11 is 0. The molecule has 1 aromatic rings. The number of nitrogens with zero attached hydrogens (tertiary/aromatic N) is 2. The van der Waals surface area contributed by atoms with Gasteiger partial charge in [-0.2, -0.15) is 0 Å². The third-order valence-corrected chi connectivity index (χ3v) is 3.18. The van der Waals surface area contributed by atoms with Gasteiger partial charge >= 0.3 is 0 Å². The van der Waals surface area contributed by atoms with Crippen molar-refractivity contribution in [3.8, 4) is 0 Å². The lowest BCUT2D eigenvalue weighted by Crippen LogP contribution is -2.27. The second-order valence-electron chi connectivity index (χ2n) is 4.38. The minimum Gasteiger partial charge on any atom is -0.336 e. The Labute approximate surface area is 112 Å². The molecule has 98 valence electrons. The Morgan fingerprint density at radius 2 is 1.95 bits per heavy atom. The number of hydrogen-bond donors (Lipinski definition) is 0. The summed E-state index contributed by atoms with van der Waals surface area (Å²) in [5, 5.41) is 11.0. The molecule has 0 N–H and O–H groups in total. The molecular weight excluding hydrogens is 240 g/mol. The monoisotopic (exact) mass is 256 g/mol. The number of likely N-dealkylation sites (N-methyl/N-ethyl adjacent to an activating group) is 1. The molecule has 0 aliphatic carbocycles. The molecule has 4 heteroatoms. The summed E-state index contributed by atoms with van der Waals surface area (Å²) in [6.07, 6.45) is 1.59. The van der Waals surface area contributed by atoms with E-state index >= 15 is 0 Å². The topological polar surface area (TPSA) is 46.4 Å². The van der Waals surface area contributed by atoms with Crippen molar-refractivity contribution in [2.24, 2.45) is 0 Å². The first-order valence-corrected chi connectivity index (χ1v) is 6.15. The van der Waals surface area contributed by atoms with E-state index < -0.39 is 0 Å². The van der Waals surface area contributed by atoms with Crippen molar-refractivity contribution in [2.75, 3.05) is 6.54 Å². The molecule has 1 aliphatic heterocycles. The van der Waals surface area contributed by atoms with E-state index in [9.17, 15) is 10.1 Å². The van der Waals surface area contributed by atoms with Crippen LogP contribution >= 0.6 is 0 Å². The van der Waals surface area contributed by atoms with Gasteiger partial charge in [-0.15, -0.1) is 0 Å². The summed E-state index contributed by atoms with van der Waals surface area (Å²) < 4.78 is 0. The average Bonchev–Trinajstić information content (AvgIpc) is 2.41. The molecule has 0 aromatic heterocycles. The third kappa shape index (κ3) is 2.29. The molecule has 0 amide bonds. The van der Waals surface area contributed by atoms with Gasteiger partial charge in [-0.1, -0.05) is 36.9 Å². The highest BCUT2D eigenvalue weighted by Gasteiger charge is 2.29. The van der Waals surface area contributed by atoms with Crippen LogP contribution in [-0.2, 0) is 0 Å². The minimum atomic E-state index is -0.379. The van der Waals surface area contributed by atoms with Crippen LogP contribution in [0.1, 0.15) is 19.4 Å². The van der Waals surface area contributed by atoms with Crippen LogP contribution in [0.25, 0.3) is 5.70 Å². The number of rotatable bonds is 3. The van der Waals surface area contributed by atoms with E-state index in [1.54, 1.807) is 6.08 Å². The maximum absolute atomic E-state index is 11.0. The van der Waals surface area contributed by atoms with Gasteiger partial charge in [0.15, 0.2) is 0 Å². The molecule has 1 heterocycles. The maximum Gasteiger partial charge on any atom is 0.292 e. The Morgan fingerprint density at radius 3 is 2.47 bits per heavy atom. The zero-order valence-electron chi connectivity index (χ0n) is 11.1. The first kappa shape index (κ1) is 13.1. The molecule has 0 saturated heterocycles. The molecule has 1 aliphatic rings.